The average Bonchev–Trinajstić information content (AvgIpc) is 1.81. The zero-order chi connectivity index (χ0) is 9.19. The minimum Gasteiger partial charge on any atom is -0.330 e. The molecule has 0 unspecified atom stereocenters. The van der Waals surface area contributed by atoms with E-state index in [1.54, 1.807) is 0 Å². The molecule has 0 atom stereocenters. The summed E-state index contributed by atoms with van der Waals surface area (Å²) in [5.74, 6) is 0.924. The summed E-state index contributed by atoms with van der Waals surface area (Å²) in [6.07, 6.45) is 2.52. The fourth-order valence-electron chi connectivity index (χ4n) is 1.71. The molecule has 0 aromatic heterocycles. The van der Waals surface area contributed by atoms with Crippen LogP contribution in [0.15, 0.2) is 0 Å². The number of nitrogens with zero attached hydrogens (tertiary/aromatic N) is 1. The van der Waals surface area contributed by atoms with E-state index in [1.165, 1.54) is 25.9 Å². The molecule has 1 aliphatic heterocycles. The van der Waals surface area contributed by atoms with Crippen molar-refractivity contribution in [3.63, 3.8) is 0 Å². The summed E-state index contributed by atoms with van der Waals surface area (Å²) in [5.41, 5.74) is 5.84. The van der Waals surface area contributed by atoms with Crippen LogP contribution in [-0.2, 0) is 0 Å². The summed E-state index contributed by atoms with van der Waals surface area (Å²) in [5, 5.41) is 0. The second-order valence-electron chi connectivity index (χ2n) is 4.87. The van der Waals surface area contributed by atoms with E-state index in [0.717, 1.165) is 12.5 Å². The van der Waals surface area contributed by atoms with Crippen LogP contribution < -0.4 is 5.73 Å². The molecule has 0 aromatic rings. The summed E-state index contributed by atoms with van der Waals surface area (Å²) in [4.78, 5) is 2.54. The Morgan fingerprint density at radius 2 is 1.92 bits per heavy atom. The Balaban J connectivity index is 2.12. The normalized spacial score (nSPS) is 21.0. The molecule has 0 spiro atoms. The smallest absolute Gasteiger partial charge is 0.0125 e. The third-order valence-electron chi connectivity index (χ3n) is 2.72. The first-order valence-corrected chi connectivity index (χ1v) is 4.99. The van der Waals surface area contributed by atoms with Crippen molar-refractivity contribution < 1.29 is 0 Å². The monoisotopic (exact) mass is 170 g/mol. The zero-order valence-electron chi connectivity index (χ0n) is 8.64. The predicted octanol–water partition coefficient (Wildman–Crippen LogP) is 1.46. The van der Waals surface area contributed by atoms with Gasteiger partial charge in [-0.3, -0.25) is 4.90 Å². The topological polar surface area (TPSA) is 29.3 Å². The molecule has 72 valence electrons. The minimum absolute atomic E-state index is 0.374. The quantitative estimate of drug-likeness (QED) is 0.694. The molecular formula is C10H22N2. The van der Waals surface area contributed by atoms with E-state index >= 15 is 0 Å². The Labute approximate surface area is 76.1 Å². The van der Waals surface area contributed by atoms with Crippen molar-refractivity contribution >= 4 is 0 Å². The Morgan fingerprint density at radius 1 is 1.33 bits per heavy atom. The van der Waals surface area contributed by atoms with Gasteiger partial charge < -0.3 is 5.73 Å². The largest absolute Gasteiger partial charge is 0.330 e. The number of hydrogen-bond acceptors (Lipinski definition) is 2. The summed E-state index contributed by atoms with van der Waals surface area (Å²) in [7, 11) is 0. The first-order chi connectivity index (χ1) is 5.54. The number of likely N-dealkylation sites (tertiary alicyclic amines) is 1. The molecule has 0 bridgehead atoms. The average molecular weight is 170 g/mol. The SMILES string of the molecule is CC(C)(C)N1CC(CCCN)C1. The van der Waals surface area contributed by atoms with E-state index in [2.05, 4.69) is 25.7 Å². The van der Waals surface area contributed by atoms with E-state index in [4.69, 9.17) is 5.73 Å². The lowest BCUT2D eigenvalue weighted by molar-refractivity contribution is 0.0101. The summed E-state index contributed by atoms with van der Waals surface area (Å²) < 4.78 is 0. The lowest BCUT2D eigenvalue weighted by Crippen LogP contribution is -2.55. The van der Waals surface area contributed by atoms with Gasteiger partial charge in [-0.05, 0) is 46.1 Å². The molecule has 12 heavy (non-hydrogen) atoms. The van der Waals surface area contributed by atoms with Crippen molar-refractivity contribution in [2.24, 2.45) is 11.7 Å². The maximum atomic E-state index is 5.46. The molecule has 1 fully saturated rings. The van der Waals surface area contributed by atoms with E-state index in [1.807, 2.05) is 0 Å². The summed E-state index contributed by atoms with van der Waals surface area (Å²) >= 11 is 0. The molecule has 0 aliphatic carbocycles. The molecule has 0 radical (unpaired) electrons. The van der Waals surface area contributed by atoms with Gasteiger partial charge in [0.25, 0.3) is 0 Å². The van der Waals surface area contributed by atoms with Crippen LogP contribution in [0.4, 0.5) is 0 Å². The molecule has 0 amide bonds. The molecule has 0 saturated carbocycles. The van der Waals surface area contributed by atoms with Gasteiger partial charge in [0.2, 0.25) is 0 Å². The fourth-order valence-corrected chi connectivity index (χ4v) is 1.71. The molecule has 1 saturated heterocycles. The van der Waals surface area contributed by atoms with Crippen LogP contribution in [-0.4, -0.2) is 30.1 Å². The highest BCUT2D eigenvalue weighted by Crippen LogP contribution is 2.27. The van der Waals surface area contributed by atoms with Gasteiger partial charge >= 0.3 is 0 Å². The van der Waals surface area contributed by atoms with E-state index in [-0.39, 0.29) is 0 Å². The predicted molar refractivity (Wildman–Crippen MR) is 53.1 cm³/mol. The van der Waals surface area contributed by atoms with Crippen molar-refractivity contribution in [1.29, 1.82) is 0 Å². The van der Waals surface area contributed by atoms with E-state index in [0.29, 0.717) is 5.54 Å². The lowest BCUT2D eigenvalue weighted by atomic mass is 9.89. The third kappa shape index (κ3) is 2.46. The van der Waals surface area contributed by atoms with Crippen LogP contribution in [0.5, 0.6) is 0 Å². The van der Waals surface area contributed by atoms with Crippen molar-refractivity contribution in [2.75, 3.05) is 19.6 Å². The molecule has 1 aliphatic rings. The van der Waals surface area contributed by atoms with Gasteiger partial charge in [0.05, 0.1) is 0 Å². The third-order valence-corrected chi connectivity index (χ3v) is 2.72. The van der Waals surface area contributed by atoms with Gasteiger partial charge in [-0.2, -0.15) is 0 Å². The molecular weight excluding hydrogens is 148 g/mol. The van der Waals surface area contributed by atoms with Gasteiger partial charge in [-0.1, -0.05) is 0 Å². The highest BCUT2D eigenvalue weighted by molar-refractivity contribution is 4.88. The second-order valence-corrected chi connectivity index (χ2v) is 4.87. The van der Waals surface area contributed by atoms with Gasteiger partial charge in [0, 0.05) is 18.6 Å². The Hall–Kier alpha value is -0.0800. The molecule has 0 aromatic carbocycles. The first kappa shape index (κ1) is 10.0. The van der Waals surface area contributed by atoms with Gasteiger partial charge in [-0.15, -0.1) is 0 Å². The van der Waals surface area contributed by atoms with Crippen molar-refractivity contribution in [3.05, 3.63) is 0 Å². The van der Waals surface area contributed by atoms with Crippen LogP contribution in [0.2, 0.25) is 0 Å². The van der Waals surface area contributed by atoms with E-state index in [9.17, 15) is 0 Å². The Morgan fingerprint density at radius 3 is 2.33 bits per heavy atom. The fraction of sp³-hybridized carbons (Fsp3) is 1.00. The Bertz CT molecular complexity index is 131. The van der Waals surface area contributed by atoms with Crippen LogP contribution in [0, 0.1) is 5.92 Å². The molecule has 2 nitrogen and oxygen atoms in total. The van der Waals surface area contributed by atoms with Crippen molar-refractivity contribution in [2.45, 2.75) is 39.2 Å². The molecule has 1 rings (SSSR count). The van der Waals surface area contributed by atoms with Gasteiger partial charge in [-0.25, -0.2) is 0 Å². The summed E-state index contributed by atoms with van der Waals surface area (Å²) in [6.45, 7) is 10.3. The number of nitrogens with two attached hydrogens (primary N) is 1. The maximum absolute atomic E-state index is 5.46. The van der Waals surface area contributed by atoms with Crippen LogP contribution in [0.3, 0.4) is 0 Å². The minimum atomic E-state index is 0.374. The van der Waals surface area contributed by atoms with Crippen LogP contribution >= 0.6 is 0 Å². The molecule has 2 N–H and O–H groups in total. The molecule has 2 heteroatoms. The van der Waals surface area contributed by atoms with Crippen LogP contribution in [0.1, 0.15) is 33.6 Å². The molecule has 1 heterocycles. The van der Waals surface area contributed by atoms with Crippen molar-refractivity contribution in [1.82, 2.24) is 4.90 Å². The highest BCUT2D eigenvalue weighted by atomic mass is 15.2. The maximum Gasteiger partial charge on any atom is 0.0125 e. The van der Waals surface area contributed by atoms with E-state index < -0.39 is 0 Å². The highest BCUT2D eigenvalue weighted by Gasteiger charge is 2.33. The summed E-state index contributed by atoms with van der Waals surface area (Å²) in [6, 6.07) is 0. The van der Waals surface area contributed by atoms with Gasteiger partial charge in [0.1, 0.15) is 0 Å². The first-order valence-electron chi connectivity index (χ1n) is 4.99. The Kier molecular flexibility index (Phi) is 3.13. The number of rotatable bonds is 3. The zero-order valence-corrected chi connectivity index (χ0v) is 8.64. The lowest BCUT2D eigenvalue weighted by Gasteiger charge is -2.48. The van der Waals surface area contributed by atoms with Crippen molar-refractivity contribution in [3.8, 4) is 0 Å². The second kappa shape index (κ2) is 3.75. The van der Waals surface area contributed by atoms with Crippen LogP contribution in [0.25, 0.3) is 0 Å². The van der Waals surface area contributed by atoms with Gasteiger partial charge in [0.15, 0.2) is 0 Å². The number of hydrogen-bond donors (Lipinski definition) is 1. The standard InChI is InChI=1S/C10H22N2/c1-10(2,3)12-7-9(8-12)5-4-6-11/h9H,4-8,11H2,1-3H3.